The second-order valence-corrected chi connectivity index (χ2v) is 6.95. The zero-order valence-electron chi connectivity index (χ0n) is 13.0. The maximum Gasteiger partial charge on any atom is 0.252 e. The Morgan fingerprint density at radius 3 is 2.57 bits per heavy atom. The summed E-state index contributed by atoms with van der Waals surface area (Å²) in [5, 5.41) is 4.76. The second-order valence-electron chi connectivity index (χ2n) is 6.04. The number of nitrogens with one attached hydrogen (secondary N) is 1. The number of thiophene rings is 1. The van der Waals surface area contributed by atoms with Gasteiger partial charge in [-0.1, -0.05) is 0 Å². The summed E-state index contributed by atoms with van der Waals surface area (Å²) < 4.78 is 0. The number of carbonyl (C=O) groups is 2. The van der Waals surface area contributed by atoms with Crippen molar-refractivity contribution in [1.82, 2.24) is 10.2 Å². The fourth-order valence-electron chi connectivity index (χ4n) is 2.65. The molecule has 116 valence electrons. The van der Waals surface area contributed by atoms with Crippen LogP contribution in [0.1, 0.15) is 53.6 Å². The molecular weight excluding hydrogens is 284 g/mol. The highest BCUT2D eigenvalue weighted by Gasteiger charge is 2.21. The molecule has 1 aromatic heterocycles. The number of hydrogen-bond acceptors (Lipinski definition) is 4. The first-order valence-corrected chi connectivity index (χ1v) is 8.47. The van der Waals surface area contributed by atoms with Gasteiger partial charge in [0.1, 0.15) is 0 Å². The molecule has 21 heavy (non-hydrogen) atoms. The first-order valence-electron chi connectivity index (χ1n) is 7.59. The second kappa shape index (κ2) is 7.18. The molecule has 0 bridgehead atoms. The number of rotatable bonds is 5. The van der Waals surface area contributed by atoms with Crippen LogP contribution in [0.3, 0.4) is 0 Å². The fourth-order valence-corrected chi connectivity index (χ4v) is 3.44. The van der Waals surface area contributed by atoms with Crippen LogP contribution in [-0.4, -0.2) is 42.3 Å². The quantitative estimate of drug-likeness (QED) is 0.851. The number of nitrogens with zero attached hydrogens (tertiary/aromatic N) is 1. The lowest BCUT2D eigenvalue weighted by molar-refractivity contribution is 0.0930. The van der Waals surface area contributed by atoms with Crippen LogP contribution < -0.4 is 5.32 Å². The molecule has 0 aromatic carbocycles. The van der Waals surface area contributed by atoms with Crippen LogP contribution in [0.5, 0.6) is 0 Å². The van der Waals surface area contributed by atoms with E-state index in [1.807, 2.05) is 0 Å². The van der Waals surface area contributed by atoms with Crippen molar-refractivity contribution in [2.75, 3.05) is 19.6 Å². The van der Waals surface area contributed by atoms with Crippen molar-refractivity contribution in [2.45, 2.75) is 39.7 Å². The maximum absolute atomic E-state index is 12.1. The van der Waals surface area contributed by atoms with E-state index in [2.05, 4.69) is 24.1 Å². The summed E-state index contributed by atoms with van der Waals surface area (Å²) in [5.41, 5.74) is 0.602. The Balaban J connectivity index is 1.78. The van der Waals surface area contributed by atoms with Crippen LogP contribution in [-0.2, 0) is 0 Å². The van der Waals surface area contributed by atoms with Gasteiger partial charge in [0.15, 0.2) is 5.78 Å². The van der Waals surface area contributed by atoms with Crippen molar-refractivity contribution in [3.05, 3.63) is 21.9 Å². The summed E-state index contributed by atoms with van der Waals surface area (Å²) in [7, 11) is 0. The van der Waals surface area contributed by atoms with Gasteiger partial charge in [-0.05, 0) is 58.7 Å². The lowest BCUT2D eigenvalue weighted by Gasteiger charge is -2.34. The molecule has 1 saturated heterocycles. The fraction of sp³-hybridized carbons (Fsp3) is 0.625. The first kappa shape index (κ1) is 16.2. The smallest absolute Gasteiger partial charge is 0.252 e. The molecule has 1 aromatic rings. The van der Waals surface area contributed by atoms with E-state index in [1.54, 1.807) is 11.4 Å². The molecule has 1 aliphatic rings. The van der Waals surface area contributed by atoms with Crippen molar-refractivity contribution in [3.8, 4) is 0 Å². The minimum absolute atomic E-state index is 0.0140. The molecule has 1 aliphatic heterocycles. The van der Waals surface area contributed by atoms with E-state index in [0.717, 1.165) is 32.5 Å². The molecule has 0 unspecified atom stereocenters. The molecule has 0 radical (unpaired) electrons. The Hall–Kier alpha value is -1.20. The van der Waals surface area contributed by atoms with Gasteiger partial charge in [0, 0.05) is 18.0 Å². The predicted octanol–water partition coefficient (Wildman–Crippen LogP) is 2.80. The average molecular weight is 308 g/mol. The molecule has 1 amide bonds. The summed E-state index contributed by atoms with van der Waals surface area (Å²) in [6.45, 7) is 8.94. The average Bonchev–Trinajstić information content (AvgIpc) is 2.95. The topological polar surface area (TPSA) is 49.4 Å². The number of carbonyl (C=O) groups excluding carboxylic acids is 2. The minimum atomic E-state index is -0.0648. The SMILES string of the molecule is CC(=O)c1cc(C(=O)NCC2CCN(C(C)C)CC2)cs1. The lowest BCUT2D eigenvalue weighted by Crippen LogP contribution is -2.41. The summed E-state index contributed by atoms with van der Waals surface area (Å²) >= 11 is 1.33. The normalized spacial score (nSPS) is 17.1. The molecule has 0 saturated carbocycles. The van der Waals surface area contributed by atoms with Crippen LogP contribution in [0.15, 0.2) is 11.4 Å². The molecule has 1 fully saturated rings. The van der Waals surface area contributed by atoms with Gasteiger partial charge in [-0.25, -0.2) is 0 Å². The molecule has 4 nitrogen and oxygen atoms in total. The Kier molecular flexibility index (Phi) is 5.53. The minimum Gasteiger partial charge on any atom is -0.352 e. The van der Waals surface area contributed by atoms with E-state index in [0.29, 0.717) is 22.4 Å². The highest BCUT2D eigenvalue weighted by molar-refractivity contribution is 7.12. The van der Waals surface area contributed by atoms with E-state index in [-0.39, 0.29) is 11.7 Å². The third kappa shape index (κ3) is 4.38. The van der Waals surface area contributed by atoms with Gasteiger partial charge in [-0.3, -0.25) is 9.59 Å². The molecular formula is C16H24N2O2S. The number of Topliss-reactive ketones (excluding diaryl/α,β-unsaturated/α-hetero) is 1. The van der Waals surface area contributed by atoms with Crippen molar-refractivity contribution in [3.63, 3.8) is 0 Å². The standard InChI is InChI=1S/C16H24N2O2S/c1-11(2)18-6-4-13(5-7-18)9-17-16(20)14-8-15(12(3)19)21-10-14/h8,10-11,13H,4-7,9H2,1-3H3,(H,17,20). The molecule has 0 atom stereocenters. The van der Waals surface area contributed by atoms with Gasteiger partial charge in [-0.2, -0.15) is 0 Å². The zero-order valence-corrected chi connectivity index (χ0v) is 13.8. The van der Waals surface area contributed by atoms with E-state index in [1.165, 1.54) is 18.3 Å². The van der Waals surface area contributed by atoms with Crippen molar-refractivity contribution in [1.29, 1.82) is 0 Å². The van der Waals surface area contributed by atoms with Crippen molar-refractivity contribution >= 4 is 23.0 Å². The highest BCUT2D eigenvalue weighted by Crippen LogP contribution is 2.19. The summed E-state index contributed by atoms with van der Waals surface area (Å²) in [4.78, 5) is 26.4. The van der Waals surface area contributed by atoms with Crippen molar-refractivity contribution in [2.24, 2.45) is 5.92 Å². The van der Waals surface area contributed by atoms with E-state index >= 15 is 0 Å². The molecule has 0 spiro atoms. The number of hydrogen-bond donors (Lipinski definition) is 1. The van der Waals surface area contributed by atoms with E-state index in [4.69, 9.17) is 0 Å². The number of amides is 1. The first-order chi connectivity index (χ1) is 9.97. The molecule has 2 heterocycles. The van der Waals surface area contributed by atoms with E-state index < -0.39 is 0 Å². The predicted molar refractivity (Wildman–Crippen MR) is 86.1 cm³/mol. The molecule has 5 heteroatoms. The van der Waals surface area contributed by atoms with Crippen LogP contribution in [0.4, 0.5) is 0 Å². The van der Waals surface area contributed by atoms with Crippen molar-refractivity contribution < 1.29 is 9.59 Å². The zero-order chi connectivity index (χ0) is 15.4. The summed E-state index contributed by atoms with van der Waals surface area (Å²) in [5.74, 6) is 0.514. The summed E-state index contributed by atoms with van der Waals surface area (Å²) in [6.07, 6.45) is 2.28. The Morgan fingerprint density at radius 2 is 2.05 bits per heavy atom. The highest BCUT2D eigenvalue weighted by atomic mass is 32.1. The Bertz CT molecular complexity index is 502. The molecule has 2 rings (SSSR count). The molecule has 0 aliphatic carbocycles. The number of piperidine rings is 1. The van der Waals surface area contributed by atoms with Gasteiger partial charge in [0.05, 0.1) is 10.4 Å². The monoisotopic (exact) mass is 308 g/mol. The van der Waals surface area contributed by atoms with Gasteiger partial charge in [-0.15, -0.1) is 11.3 Å². The van der Waals surface area contributed by atoms with Crippen LogP contribution in [0.2, 0.25) is 0 Å². The van der Waals surface area contributed by atoms with Crippen LogP contribution >= 0.6 is 11.3 Å². The Labute approximate surface area is 130 Å². The summed E-state index contributed by atoms with van der Waals surface area (Å²) in [6, 6.07) is 2.29. The van der Waals surface area contributed by atoms with Gasteiger partial charge in [0.2, 0.25) is 0 Å². The lowest BCUT2D eigenvalue weighted by atomic mass is 9.96. The molecule has 1 N–H and O–H groups in total. The van der Waals surface area contributed by atoms with Gasteiger partial charge < -0.3 is 10.2 Å². The Morgan fingerprint density at radius 1 is 1.38 bits per heavy atom. The van der Waals surface area contributed by atoms with Gasteiger partial charge in [0.25, 0.3) is 5.91 Å². The van der Waals surface area contributed by atoms with E-state index in [9.17, 15) is 9.59 Å². The van der Waals surface area contributed by atoms with Crippen LogP contribution in [0, 0.1) is 5.92 Å². The number of likely N-dealkylation sites (tertiary alicyclic amines) is 1. The van der Waals surface area contributed by atoms with Crippen LogP contribution in [0.25, 0.3) is 0 Å². The third-order valence-electron chi connectivity index (χ3n) is 4.14. The maximum atomic E-state index is 12.1. The number of ketones is 1. The largest absolute Gasteiger partial charge is 0.352 e. The van der Waals surface area contributed by atoms with Gasteiger partial charge >= 0.3 is 0 Å². The third-order valence-corrected chi connectivity index (χ3v) is 5.17.